The first-order chi connectivity index (χ1) is 19.1. The number of nitrogens with zero attached hydrogens (tertiary/aromatic N) is 5. The summed E-state index contributed by atoms with van der Waals surface area (Å²) in [5.41, 5.74) is 10.3. The van der Waals surface area contributed by atoms with Crippen LogP contribution in [0.1, 0.15) is 44.6 Å². The van der Waals surface area contributed by atoms with E-state index in [9.17, 15) is 0 Å². The Balaban J connectivity index is 1.28. The average molecular weight is 520 g/mol. The Kier molecular flexibility index (Phi) is 6.24. The number of rotatable bonds is 5. The number of H-pyrrole nitrogens is 1. The van der Waals surface area contributed by atoms with Gasteiger partial charge in [0.05, 0.1) is 34.8 Å². The molecule has 0 bridgehead atoms. The van der Waals surface area contributed by atoms with Crippen LogP contribution >= 0.6 is 0 Å². The van der Waals surface area contributed by atoms with Crippen molar-refractivity contribution in [1.82, 2.24) is 30.0 Å². The SMILES string of the molecule is CC1=CC(CN2CCCC2)=CC(c2ccc3c(c2)c(-c2cc4c(N5CCCCC5)cncc4[nH]2)nn3C)=CN1. The maximum Gasteiger partial charge on any atom is 0.116 e. The Hall–Kier alpha value is -3.84. The van der Waals surface area contributed by atoms with Gasteiger partial charge in [-0.15, -0.1) is 0 Å². The van der Waals surface area contributed by atoms with Gasteiger partial charge in [0, 0.05) is 49.4 Å². The van der Waals surface area contributed by atoms with Gasteiger partial charge in [-0.3, -0.25) is 14.6 Å². The number of anilines is 1. The van der Waals surface area contributed by atoms with Crippen LogP contribution in [0.2, 0.25) is 0 Å². The Morgan fingerprint density at radius 2 is 1.72 bits per heavy atom. The summed E-state index contributed by atoms with van der Waals surface area (Å²) in [6.07, 6.45) is 17.1. The molecule has 0 atom stereocenters. The van der Waals surface area contributed by atoms with E-state index in [4.69, 9.17) is 5.10 Å². The Morgan fingerprint density at radius 3 is 2.56 bits per heavy atom. The number of aryl methyl sites for hydroxylation is 1. The fourth-order valence-corrected chi connectivity index (χ4v) is 6.45. The molecule has 2 N–H and O–H groups in total. The van der Waals surface area contributed by atoms with Gasteiger partial charge in [-0.2, -0.15) is 5.10 Å². The van der Waals surface area contributed by atoms with Crippen molar-refractivity contribution in [2.75, 3.05) is 37.6 Å². The van der Waals surface area contributed by atoms with Gasteiger partial charge >= 0.3 is 0 Å². The molecule has 3 aliphatic rings. The summed E-state index contributed by atoms with van der Waals surface area (Å²) < 4.78 is 1.99. The number of nitrogens with one attached hydrogen (secondary N) is 2. The minimum Gasteiger partial charge on any atom is -0.370 e. The first-order valence-electron chi connectivity index (χ1n) is 14.4. The molecule has 3 aromatic heterocycles. The third-order valence-electron chi connectivity index (χ3n) is 8.46. The van der Waals surface area contributed by atoms with Crippen molar-refractivity contribution >= 4 is 33.1 Å². The predicted octanol–water partition coefficient (Wildman–Crippen LogP) is 5.98. The van der Waals surface area contributed by atoms with Crippen LogP contribution in [-0.2, 0) is 7.05 Å². The topological polar surface area (TPSA) is 65.0 Å². The summed E-state index contributed by atoms with van der Waals surface area (Å²) in [7, 11) is 2.03. The molecule has 2 fully saturated rings. The molecular formula is C32H37N7. The number of fused-ring (bicyclic) bond motifs is 2. The molecule has 7 heteroatoms. The number of likely N-dealkylation sites (tertiary alicyclic amines) is 1. The van der Waals surface area contributed by atoms with Crippen molar-refractivity contribution in [2.45, 2.75) is 39.0 Å². The summed E-state index contributed by atoms with van der Waals surface area (Å²) in [6, 6.07) is 8.98. The molecule has 7 nitrogen and oxygen atoms in total. The third kappa shape index (κ3) is 4.65. The van der Waals surface area contributed by atoms with E-state index in [2.05, 4.69) is 74.6 Å². The summed E-state index contributed by atoms with van der Waals surface area (Å²) in [5, 5.41) is 10.9. The number of aromatic nitrogens is 4. The van der Waals surface area contributed by atoms with Crippen molar-refractivity contribution in [3.05, 3.63) is 71.8 Å². The maximum absolute atomic E-state index is 4.98. The lowest BCUT2D eigenvalue weighted by atomic mass is 10.0. The molecule has 7 rings (SSSR count). The summed E-state index contributed by atoms with van der Waals surface area (Å²) in [6.45, 7) is 7.73. The highest BCUT2D eigenvalue weighted by Gasteiger charge is 2.19. The zero-order valence-electron chi connectivity index (χ0n) is 23.0. The molecule has 0 saturated carbocycles. The number of pyridine rings is 1. The van der Waals surface area contributed by atoms with Crippen molar-refractivity contribution in [3.63, 3.8) is 0 Å². The van der Waals surface area contributed by atoms with Crippen LogP contribution in [0, 0.1) is 0 Å². The normalized spacial score (nSPS) is 18.7. The lowest BCUT2D eigenvalue weighted by Crippen LogP contribution is -2.29. The Morgan fingerprint density at radius 1 is 0.897 bits per heavy atom. The van der Waals surface area contributed by atoms with Crippen LogP contribution in [0.15, 0.2) is 66.3 Å². The van der Waals surface area contributed by atoms with Gasteiger partial charge in [0.15, 0.2) is 0 Å². The molecule has 4 aromatic rings. The standard InChI is InChI=1S/C32H37N7/c1-22-14-23(21-38-10-6-7-11-38)15-25(18-34-22)24-8-9-30-27(16-24)32(36-37(30)2)28-17-26-29(35-28)19-33-20-31(26)39-12-4-3-5-13-39/h8-9,14-20,34-35H,3-7,10-13,21H2,1-2H3. The zero-order chi connectivity index (χ0) is 26.3. The van der Waals surface area contributed by atoms with Crippen molar-refractivity contribution in [1.29, 1.82) is 0 Å². The van der Waals surface area contributed by atoms with Crippen LogP contribution in [0.25, 0.3) is 38.8 Å². The second-order valence-corrected chi connectivity index (χ2v) is 11.3. The molecule has 200 valence electrons. The van der Waals surface area contributed by atoms with Crippen LogP contribution in [-0.4, -0.2) is 57.4 Å². The van der Waals surface area contributed by atoms with E-state index in [1.807, 2.05) is 24.1 Å². The number of piperidine rings is 1. The fourth-order valence-electron chi connectivity index (χ4n) is 6.45. The molecule has 6 heterocycles. The number of hydrogen-bond donors (Lipinski definition) is 2. The maximum atomic E-state index is 4.98. The quantitative estimate of drug-likeness (QED) is 0.340. The van der Waals surface area contributed by atoms with Gasteiger partial charge in [0.25, 0.3) is 0 Å². The highest BCUT2D eigenvalue weighted by molar-refractivity contribution is 6.00. The fraction of sp³-hybridized carbons (Fsp3) is 0.375. The van der Waals surface area contributed by atoms with Crippen molar-refractivity contribution in [2.24, 2.45) is 7.05 Å². The highest BCUT2D eigenvalue weighted by atomic mass is 15.3. The minimum absolute atomic E-state index is 0.980. The highest BCUT2D eigenvalue weighted by Crippen LogP contribution is 2.35. The van der Waals surface area contributed by atoms with Crippen LogP contribution in [0.4, 0.5) is 5.69 Å². The second kappa shape index (κ2) is 10.0. The van der Waals surface area contributed by atoms with E-state index in [0.29, 0.717) is 0 Å². The minimum atomic E-state index is 0.980. The molecule has 0 radical (unpaired) electrons. The first-order valence-corrected chi connectivity index (χ1v) is 14.4. The lowest BCUT2D eigenvalue weighted by molar-refractivity contribution is 0.371. The number of hydrogen-bond acceptors (Lipinski definition) is 5. The average Bonchev–Trinajstić information content (AvgIpc) is 3.67. The zero-order valence-corrected chi connectivity index (χ0v) is 23.0. The molecule has 0 amide bonds. The second-order valence-electron chi connectivity index (χ2n) is 11.3. The molecule has 0 unspecified atom stereocenters. The number of benzene rings is 1. The predicted molar refractivity (Wildman–Crippen MR) is 160 cm³/mol. The molecule has 0 aliphatic carbocycles. The van der Waals surface area contributed by atoms with Crippen LogP contribution < -0.4 is 10.2 Å². The Bertz CT molecular complexity index is 1620. The Labute approximate surface area is 229 Å². The van der Waals surface area contributed by atoms with Gasteiger partial charge < -0.3 is 15.2 Å². The van der Waals surface area contributed by atoms with E-state index in [0.717, 1.165) is 47.4 Å². The van der Waals surface area contributed by atoms with E-state index in [1.165, 1.54) is 78.7 Å². The monoisotopic (exact) mass is 519 g/mol. The molecule has 1 aromatic carbocycles. The largest absolute Gasteiger partial charge is 0.370 e. The molecule has 39 heavy (non-hydrogen) atoms. The number of aromatic amines is 1. The van der Waals surface area contributed by atoms with Crippen molar-refractivity contribution < 1.29 is 0 Å². The van der Waals surface area contributed by atoms with Gasteiger partial charge in [-0.05, 0) is 99.2 Å². The van der Waals surface area contributed by atoms with E-state index in [1.54, 1.807) is 0 Å². The van der Waals surface area contributed by atoms with E-state index >= 15 is 0 Å². The number of allylic oxidation sites excluding steroid dienone is 3. The van der Waals surface area contributed by atoms with Crippen molar-refractivity contribution in [3.8, 4) is 11.4 Å². The van der Waals surface area contributed by atoms with Gasteiger partial charge in [0.1, 0.15) is 5.69 Å². The van der Waals surface area contributed by atoms with Gasteiger partial charge in [-0.1, -0.05) is 6.07 Å². The molecule has 2 saturated heterocycles. The van der Waals surface area contributed by atoms with E-state index in [-0.39, 0.29) is 0 Å². The van der Waals surface area contributed by atoms with Crippen LogP contribution in [0.3, 0.4) is 0 Å². The van der Waals surface area contributed by atoms with Crippen LogP contribution in [0.5, 0.6) is 0 Å². The smallest absolute Gasteiger partial charge is 0.116 e. The third-order valence-corrected chi connectivity index (χ3v) is 8.46. The molecule has 3 aliphatic heterocycles. The van der Waals surface area contributed by atoms with Gasteiger partial charge in [0.2, 0.25) is 0 Å². The lowest BCUT2D eigenvalue weighted by Gasteiger charge is -2.28. The first kappa shape index (κ1) is 24.2. The molecular weight excluding hydrogens is 482 g/mol. The summed E-state index contributed by atoms with van der Waals surface area (Å²) >= 11 is 0. The molecule has 0 spiro atoms. The summed E-state index contributed by atoms with van der Waals surface area (Å²) in [5.74, 6) is 0. The van der Waals surface area contributed by atoms with E-state index < -0.39 is 0 Å². The summed E-state index contributed by atoms with van der Waals surface area (Å²) in [4.78, 5) is 13.3. The van der Waals surface area contributed by atoms with Gasteiger partial charge in [-0.25, -0.2) is 0 Å².